The van der Waals surface area contributed by atoms with Crippen LogP contribution in [0.2, 0.25) is 0 Å². The summed E-state index contributed by atoms with van der Waals surface area (Å²) in [6.45, 7) is 0.109. The maximum absolute atomic E-state index is 12.7. The molecule has 4 rings (SSSR count). The van der Waals surface area contributed by atoms with Gasteiger partial charge in [-0.25, -0.2) is 0 Å². The van der Waals surface area contributed by atoms with Crippen molar-refractivity contribution >= 4 is 28.5 Å². The molecule has 0 unspecified atom stereocenters. The van der Waals surface area contributed by atoms with Crippen molar-refractivity contribution < 1.29 is 19.1 Å². The van der Waals surface area contributed by atoms with Crippen molar-refractivity contribution in [1.29, 1.82) is 0 Å². The van der Waals surface area contributed by atoms with E-state index in [0.717, 1.165) is 27.0 Å². The average Bonchev–Trinajstić information content (AvgIpc) is 2.98. The van der Waals surface area contributed by atoms with Gasteiger partial charge in [0.1, 0.15) is 12.3 Å². The average molecular weight is 388 g/mol. The first-order valence-corrected chi connectivity index (χ1v) is 9.24. The maximum atomic E-state index is 12.7. The number of carbonyl (C=O) groups excluding carboxylic acids is 3. The van der Waals surface area contributed by atoms with Gasteiger partial charge in [-0.2, -0.15) is 0 Å². The summed E-state index contributed by atoms with van der Waals surface area (Å²) >= 11 is 0. The summed E-state index contributed by atoms with van der Waals surface area (Å²) in [5, 5.41) is 2.10. The third-order valence-electron chi connectivity index (χ3n) is 5.13. The van der Waals surface area contributed by atoms with Gasteiger partial charge in [-0.1, -0.05) is 30.3 Å². The topological polar surface area (TPSA) is 66.9 Å². The smallest absolute Gasteiger partial charge is 0.262 e. The summed E-state index contributed by atoms with van der Waals surface area (Å²) in [6.07, 6.45) is 0. The van der Waals surface area contributed by atoms with Crippen molar-refractivity contribution in [3.63, 3.8) is 0 Å². The normalized spacial score (nSPS) is 13.0. The Morgan fingerprint density at radius 3 is 2.21 bits per heavy atom. The van der Waals surface area contributed by atoms with Gasteiger partial charge < -0.3 is 9.64 Å². The number of amides is 3. The number of imide groups is 1. The Labute approximate surface area is 168 Å². The molecule has 6 nitrogen and oxygen atoms in total. The first kappa shape index (κ1) is 18.7. The fourth-order valence-corrected chi connectivity index (χ4v) is 3.50. The second-order valence-corrected chi connectivity index (χ2v) is 7.04. The zero-order valence-electron chi connectivity index (χ0n) is 16.2. The quantitative estimate of drug-likeness (QED) is 0.630. The van der Waals surface area contributed by atoms with Gasteiger partial charge in [0.15, 0.2) is 0 Å². The van der Waals surface area contributed by atoms with Crippen LogP contribution in [0, 0.1) is 0 Å². The van der Waals surface area contributed by atoms with Crippen LogP contribution in [0.3, 0.4) is 0 Å². The zero-order valence-corrected chi connectivity index (χ0v) is 16.2. The second-order valence-electron chi connectivity index (χ2n) is 7.04. The van der Waals surface area contributed by atoms with Gasteiger partial charge in [-0.05, 0) is 46.7 Å². The Hall–Kier alpha value is -3.67. The maximum Gasteiger partial charge on any atom is 0.262 e. The second kappa shape index (κ2) is 7.39. The molecule has 0 radical (unpaired) electrons. The SMILES string of the molecule is COc1ccc2cc(CN(C)C(=O)CN3C(=O)c4ccccc4C3=O)ccc2c1. The predicted molar refractivity (Wildman–Crippen MR) is 109 cm³/mol. The van der Waals surface area contributed by atoms with Crippen LogP contribution < -0.4 is 4.74 Å². The van der Waals surface area contributed by atoms with Gasteiger partial charge >= 0.3 is 0 Å². The molecule has 0 saturated heterocycles. The summed E-state index contributed by atoms with van der Waals surface area (Å²) in [5.74, 6) is -0.355. The molecule has 6 heteroatoms. The minimum atomic E-state index is -0.424. The first-order valence-electron chi connectivity index (χ1n) is 9.24. The lowest BCUT2D eigenvalue weighted by molar-refractivity contribution is -0.130. The van der Waals surface area contributed by atoms with Crippen LogP contribution >= 0.6 is 0 Å². The minimum absolute atomic E-state index is 0.270. The lowest BCUT2D eigenvalue weighted by Crippen LogP contribution is -2.40. The number of hydrogen-bond donors (Lipinski definition) is 0. The number of likely N-dealkylation sites (N-methyl/N-ethyl adjacent to an activating group) is 1. The molecule has 1 heterocycles. The molecule has 1 aliphatic heterocycles. The Morgan fingerprint density at radius 1 is 0.931 bits per heavy atom. The van der Waals surface area contributed by atoms with Gasteiger partial charge in [0.25, 0.3) is 11.8 Å². The molecule has 3 aromatic carbocycles. The lowest BCUT2D eigenvalue weighted by atomic mass is 10.1. The van der Waals surface area contributed by atoms with Gasteiger partial charge in [-0.3, -0.25) is 19.3 Å². The van der Waals surface area contributed by atoms with Gasteiger partial charge in [0.2, 0.25) is 5.91 Å². The standard InChI is InChI=1S/C23H20N2O4/c1-24(13-15-7-8-17-12-18(29-2)10-9-16(17)11-15)21(26)14-25-22(27)19-5-3-4-6-20(19)23(25)28/h3-12H,13-14H2,1-2H3. The number of benzene rings is 3. The number of carbonyl (C=O) groups is 3. The molecule has 0 atom stereocenters. The first-order chi connectivity index (χ1) is 14.0. The van der Waals surface area contributed by atoms with Crippen LogP contribution in [0.1, 0.15) is 26.3 Å². The molecule has 0 bridgehead atoms. The van der Waals surface area contributed by atoms with Crippen molar-refractivity contribution in [3.05, 3.63) is 77.4 Å². The highest BCUT2D eigenvalue weighted by molar-refractivity contribution is 6.22. The molecule has 0 N–H and O–H groups in total. The fourth-order valence-electron chi connectivity index (χ4n) is 3.50. The molecule has 146 valence electrons. The van der Waals surface area contributed by atoms with E-state index in [0.29, 0.717) is 17.7 Å². The molecule has 0 saturated carbocycles. The number of methoxy groups -OCH3 is 1. The van der Waals surface area contributed by atoms with Crippen molar-refractivity contribution in [2.45, 2.75) is 6.54 Å². The highest BCUT2D eigenvalue weighted by atomic mass is 16.5. The van der Waals surface area contributed by atoms with Crippen molar-refractivity contribution in [2.24, 2.45) is 0 Å². The largest absolute Gasteiger partial charge is 0.497 e. The van der Waals surface area contributed by atoms with E-state index in [2.05, 4.69) is 0 Å². The third-order valence-corrected chi connectivity index (χ3v) is 5.13. The van der Waals surface area contributed by atoms with Crippen LogP contribution in [-0.4, -0.2) is 48.2 Å². The molecular weight excluding hydrogens is 368 g/mol. The Balaban J connectivity index is 1.46. The van der Waals surface area contributed by atoms with Gasteiger partial charge in [-0.15, -0.1) is 0 Å². The number of hydrogen-bond acceptors (Lipinski definition) is 4. The molecule has 1 aliphatic rings. The third kappa shape index (κ3) is 3.45. The molecule has 0 aromatic heterocycles. The van der Waals surface area contributed by atoms with E-state index >= 15 is 0 Å². The minimum Gasteiger partial charge on any atom is -0.497 e. The van der Waals surface area contributed by atoms with Crippen molar-refractivity contribution in [3.8, 4) is 5.75 Å². The molecule has 0 spiro atoms. The molecule has 3 amide bonds. The van der Waals surface area contributed by atoms with E-state index in [1.807, 2.05) is 36.4 Å². The number of ether oxygens (including phenoxy) is 1. The summed E-state index contributed by atoms with van der Waals surface area (Å²) in [5.41, 5.74) is 1.65. The van der Waals surface area contributed by atoms with Gasteiger partial charge in [0, 0.05) is 13.6 Å². The summed E-state index contributed by atoms with van der Waals surface area (Å²) in [4.78, 5) is 40.1. The summed E-state index contributed by atoms with van der Waals surface area (Å²) in [7, 11) is 3.29. The van der Waals surface area contributed by atoms with Crippen LogP contribution in [-0.2, 0) is 11.3 Å². The van der Waals surface area contributed by atoms with Crippen LogP contribution in [0.15, 0.2) is 60.7 Å². The van der Waals surface area contributed by atoms with E-state index in [-0.39, 0.29) is 12.5 Å². The highest BCUT2D eigenvalue weighted by Crippen LogP contribution is 2.24. The highest BCUT2D eigenvalue weighted by Gasteiger charge is 2.36. The summed E-state index contributed by atoms with van der Waals surface area (Å²) in [6, 6.07) is 18.4. The zero-order chi connectivity index (χ0) is 20.5. The predicted octanol–water partition coefficient (Wildman–Crippen LogP) is 3.10. The Morgan fingerprint density at radius 2 is 1.55 bits per heavy atom. The van der Waals surface area contributed by atoms with E-state index in [1.165, 1.54) is 4.90 Å². The summed E-state index contributed by atoms with van der Waals surface area (Å²) < 4.78 is 5.24. The molecule has 29 heavy (non-hydrogen) atoms. The Bertz CT molecular complexity index is 1100. The van der Waals surface area contributed by atoms with Crippen molar-refractivity contribution in [1.82, 2.24) is 9.80 Å². The Kier molecular flexibility index (Phi) is 4.76. The van der Waals surface area contributed by atoms with Crippen LogP contribution in [0.4, 0.5) is 0 Å². The van der Waals surface area contributed by atoms with Crippen molar-refractivity contribution in [2.75, 3.05) is 20.7 Å². The van der Waals surface area contributed by atoms with Gasteiger partial charge in [0.05, 0.1) is 18.2 Å². The number of fused-ring (bicyclic) bond motifs is 2. The number of rotatable bonds is 5. The molecule has 3 aromatic rings. The van der Waals surface area contributed by atoms with E-state index in [1.54, 1.807) is 38.4 Å². The van der Waals surface area contributed by atoms with Crippen LogP contribution in [0.5, 0.6) is 5.75 Å². The monoisotopic (exact) mass is 388 g/mol. The van der Waals surface area contributed by atoms with E-state index < -0.39 is 11.8 Å². The fraction of sp³-hybridized carbons (Fsp3) is 0.174. The number of nitrogens with zero attached hydrogens (tertiary/aromatic N) is 2. The molecule has 0 aliphatic carbocycles. The molecular formula is C23H20N2O4. The van der Waals surface area contributed by atoms with E-state index in [9.17, 15) is 14.4 Å². The van der Waals surface area contributed by atoms with E-state index in [4.69, 9.17) is 4.74 Å². The molecule has 0 fully saturated rings. The lowest BCUT2D eigenvalue weighted by Gasteiger charge is -2.21. The van der Waals surface area contributed by atoms with Crippen LogP contribution in [0.25, 0.3) is 10.8 Å².